The first-order valence-electron chi connectivity index (χ1n) is 7.64. The van der Waals surface area contributed by atoms with E-state index in [2.05, 4.69) is 4.99 Å². The van der Waals surface area contributed by atoms with Crippen molar-refractivity contribution in [3.05, 3.63) is 52.8 Å². The van der Waals surface area contributed by atoms with E-state index < -0.39 is 5.54 Å². The molecule has 1 aromatic carbocycles. The highest BCUT2D eigenvalue weighted by Gasteiger charge is 2.45. The zero-order valence-corrected chi connectivity index (χ0v) is 13.6. The van der Waals surface area contributed by atoms with E-state index in [4.69, 9.17) is 15.2 Å². The van der Waals surface area contributed by atoms with Crippen LogP contribution in [-0.4, -0.2) is 27.6 Å². The topological polar surface area (TPSA) is 56.8 Å². The number of halogens is 1. The van der Waals surface area contributed by atoms with E-state index in [1.807, 2.05) is 31.2 Å². The molecule has 0 amide bonds. The number of aryl methyl sites for hydroxylation is 1. The largest absolute Gasteiger partial charge is 0.496 e. The Balaban J connectivity index is 2.07. The average Bonchev–Trinajstić information content (AvgIpc) is 2.93. The zero-order valence-electron chi connectivity index (χ0n) is 13.6. The third kappa shape index (κ3) is 2.62. The lowest BCUT2D eigenvalue weighted by Gasteiger charge is -2.33. The van der Waals surface area contributed by atoms with Crippen LogP contribution >= 0.6 is 0 Å². The van der Waals surface area contributed by atoms with E-state index >= 15 is 0 Å². The number of hydrogen-bond acceptors (Lipinski definition) is 4. The van der Waals surface area contributed by atoms with Gasteiger partial charge in [0.05, 0.1) is 7.11 Å². The Morgan fingerprint density at radius 1 is 1.48 bits per heavy atom. The highest BCUT2D eigenvalue weighted by molar-refractivity contribution is 6.24. The third-order valence-corrected chi connectivity index (χ3v) is 4.64. The van der Waals surface area contributed by atoms with Crippen LogP contribution < -0.4 is 10.5 Å². The smallest absolute Gasteiger partial charge is 0.283 e. The molecule has 0 fully saturated rings. The molecule has 0 aromatic heterocycles. The number of amidine groups is 1. The van der Waals surface area contributed by atoms with Crippen molar-refractivity contribution in [2.24, 2.45) is 16.6 Å². The Kier molecular flexibility index (Phi) is 3.92. The highest BCUT2D eigenvalue weighted by Crippen LogP contribution is 2.43. The van der Waals surface area contributed by atoms with Crippen molar-refractivity contribution in [3.8, 4) is 5.75 Å². The van der Waals surface area contributed by atoms with Gasteiger partial charge in [-0.05, 0) is 42.7 Å². The van der Waals surface area contributed by atoms with E-state index in [9.17, 15) is 4.39 Å². The van der Waals surface area contributed by atoms with Crippen molar-refractivity contribution in [2.75, 3.05) is 13.7 Å². The Labute approximate surface area is 136 Å². The van der Waals surface area contributed by atoms with E-state index in [0.717, 1.165) is 16.9 Å². The van der Waals surface area contributed by atoms with Gasteiger partial charge in [-0.15, -0.1) is 0 Å². The number of methoxy groups -OCH3 is 1. The molecule has 120 valence electrons. The number of rotatable bonds is 3. The number of benzene rings is 1. The molecule has 1 aromatic rings. The molecule has 1 unspecified atom stereocenters. The molecular formula is C17H20BFN2O2. The summed E-state index contributed by atoms with van der Waals surface area (Å²) in [6.45, 7) is 2.34. The standard InChI is InChI=1S/C17H20BFN2O2/c1-10-7-11(4-6-15(10)22-2)17(9-23-16(20)21-17)12-3-5-14(19)13(18)8-12/h4-8,12H,3,9,18H2,1-2H3,(H2,20,21)/t12?,17-/m1/s1. The van der Waals surface area contributed by atoms with Crippen LogP contribution in [0.15, 0.2) is 46.6 Å². The molecule has 3 rings (SSSR count). The second-order valence-corrected chi connectivity index (χ2v) is 6.09. The van der Waals surface area contributed by atoms with Crippen LogP contribution in [0.4, 0.5) is 4.39 Å². The van der Waals surface area contributed by atoms with E-state index in [1.54, 1.807) is 21.0 Å². The van der Waals surface area contributed by atoms with Crippen LogP contribution in [0.3, 0.4) is 0 Å². The summed E-state index contributed by atoms with van der Waals surface area (Å²) in [5, 5.41) is 0. The summed E-state index contributed by atoms with van der Waals surface area (Å²) in [5.74, 6) is 0.648. The van der Waals surface area contributed by atoms with Gasteiger partial charge in [0.25, 0.3) is 6.02 Å². The first kappa shape index (κ1) is 15.7. The normalized spacial score (nSPS) is 26.9. The molecule has 2 N–H and O–H groups in total. The number of nitrogens with zero attached hydrogens (tertiary/aromatic N) is 1. The molecule has 0 saturated heterocycles. The summed E-state index contributed by atoms with van der Waals surface area (Å²) in [6.07, 6.45) is 4.11. The molecule has 0 bridgehead atoms. The monoisotopic (exact) mass is 314 g/mol. The third-order valence-electron chi connectivity index (χ3n) is 4.64. The molecule has 0 spiro atoms. The van der Waals surface area contributed by atoms with Crippen molar-refractivity contribution < 1.29 is 13.9 Å². The van der Waals surface area contributed by atoms with Gasteiger partial charge < -0.3 is 15.2 Å². The van der Waals surface area contributed by atoms with Crippen molar-refractivity contribution in [3.63, 3.8) is 0 Å². The van der Waals surface area contributed by atoms with Gasteiger partial charge >= 0.3 is 0 Å². The maximum Gasteiger partial charge on any atom is 0.283 e. The van der Waals surface area contributed by atoms with Gasteiger partial charge in [-0.1, -0.05) is 17.6 Å². The summed E-state index contributed by atoms with van der Waals surface area (Å²) >= 11 is 0. The van der Waals surface area contributed by atoms with Gasteiger partial charge in [-0.3, -0.25) is 0 Å². The Morgan fingerprint density at radius 2 is 2.26 bits per heavy atom. The fourth-order valence-electron chi connectivity index (χ4n) is 3.32. The average molecular weight is 314 g/mol. The van der Waals surface area contributed by atoms with Gasteiger partial charge in [0, 0.05) is 5.92 Å². The van der Waals surface area contributed by atoms with Crippen LogP contribution in [0.5, 0.6) is 5.75 Å². The molecule has 0 saturated carbocycles. The first-order valence-corrected chi connectivity index (χ1v) is 7.64. The molecule has 1 heterocycles. The predicted octanol–water partition coefficient (Wildman–Crippen LogP) is 1.93. The lowest BCUT2D eigenvalue weighted by atomic mass is 9.72. The van der Waals surface area contributed by atoms with E-state index in [1.165, 1.54) is 0 Å². The van der Waals surface area contributed by atoms with Crippen molar-refractivity contribution in [1.29, 1.82) is 0 Å². The van der Waals surface area contributed by atoms with Gasteiger partial charge in [0.2, 0.25) is 0 Å². The second kappa shape index (κ2) is 5.76. The summed E-state index contributed by atoms with van der Waals surface area (Å²) in [5.41, 5.74) is 7.83. The van der Waals surface area contributed by atoms with Crippen LogP contribution in [0.1, 0.15) is 17.5 Å². The molecule has 0 radical (unpaired) electrons. The Hall–Kier alpha value is -2.24. The van der Waals surface area contributed by atoms with Crippen molar-refractivity contribution >= 4 is 13.9 Å². The molecular weight excluding hydrogens is 294 g/mol. The van der Waals surface area contributed by atoms with Crippen LogP contribution in [0.2, 0.25) is 0 Å². The van der Waals surface area contributed by atoms with Crippen molar-refractivity contribution in [1.82, 2.24) is 0 Å². The summed E-state index contributed by atoms with van der Waals surface area (Å²) in [4.78, 5) is 4.61. The number of ether oxygens (including phenoxy) is 2. The van der Waals surface area contributed by atoms with Crippen LogP contribution in [0.25, 0.3) is 0 Å². The number of allylic oxidation sites excluding steroid dienone is 3. The van der Waals surface area contributed by atoms with E-state index in [0.29, 0.717) is 18.5 Å². The number of aliphatic imine (C=N–C) groups is 1. The lowest BCUT2D eigenvalue weighted by Crippen LogP contribution is -2.35. The fraction of sp³-hybridized carbons (Fsp3) is 0.353. The summed E-state index contributed by atoms with van der Waals surface area (Å²) in [7, 11) is 3.42. The molecule has 1 aliphatic heterocycles. The Morgan fingerprint density at radius 3 is 2.83 bits per heavy atom. The minimum atomic E-state index is -0.625. The molecule has 23 heavy (non-hydrogen) atoms. The molecule has 6 heteroatoms. The maximum atomic E-state index is 13.7. The van der Waals surface area contributed by atoms with E-state index in [-0.39, 0.29) is 17.8 Å². The fourth-order valence-corrected chi connectivity index (χ4v) is 3.32. The maximum absolute atomic E-state index is 13.7. The van der Waals surface area contributed by atoms with Gasteiger partial charge in [0.1, 0.15) is 31.6 Å². The van der Waals surface area contributed by atoms with Crippen LogP contribution in [0, 0.1) is 12.8 Å². The predicted molar refractivity (Wildman–Crippen MR) is 90.9 cm³/mol. The van der Waals surface area contributed by atoms with Crippen molar-refractivity contribution in [2.45, 2.75) is 18.9 Å². The molecule has 4 nitrogen and oxygen atoms in total. The molecule has 2 atom stereocenters. The minimum Gasteiger partial charge on any atom is -0.496 e. The first-order chi connectivity index (χ1) is 11.0. The van der Waals surface area contributed by atoms with Gasteiger partial charge in [-0.2, -0.15) is 0 Å². The van der Waals surface area contributed by atoms with Gasteiger partial charge in [-0.25, -0.2) is 9.38 Å². The quantitative estimate of drug-likeness (QED) is 0.868. The second-order valence-electron chi connectivity index (χ2n) is 6.09. The summed E-state index contributed by atoms with van der Waals surface area (Å²) < 4.78 is 24.5. The summed E-state index contributed by atoms with van der Waals surface area (Å²) in [6, 6.07) is 6.13. The van der Waals surface area contributed by atoms with Gasteiger partial charge in [0.15, 0.2) is 0 Å². The lowest BCUT2D eigenvalue weighted by molar-refractivity contribution is 0.211. The molecule has 2 aliphatic rings. The Bertz CT molecular complexity index is 729. The number of hydrogen-bond donors (Lipinski definition) is 1. The minimum absolute atomic E-state index is 0.00385. The highest BCUT2D eigenvalue weighted by atomic mass is 19.1. The SMILES string of the molecule is BC1=CC([C@]2(c3ccc(OC)c(C)c3)COC(N)=N2)CC=C1F. The zero-order chi connectivity index (χ0) is 16.6. The number of nitrogens with two attached hydrogens (primary N) is 1. The molecule has 1 aliphatic carbocycles. The van der Waals surface area contributed by atoms with Crippen LogP contribution in [-0.2, 0) is 10.3 Å².